The van der Waals surface area contributed by atoms with Gasteiger partial charge in [-0.05, 0) is 35.9 Å². The van der Waals surface area contributed by atoms with Gasteiger partial charge in [-0.1, -0.05) is 6.92 Å². The Morgan fingerprint density at radius 2 is 2.15 bits per heavy atom. The van der Waals surface area contributed by atoms with E-state index < -0.39 is 0 Å². The molecule has 2 N–H and O–H groups in total. The first-order chi connectivity index (χ1) is 9.78. The molecule has 0 saturated carbocycles. The van der Waals surface area contributed by atoms with Crippen molar-refractivity contribution in [1.29, 1.82) is 0 Å². The minimum absolute atomic E-state index is 0.213. The van der Waals surface area contributed by atoms with Crippen molar-refractivity contribution in [2.45, 2.75) is 13.3 Å². The number of nitrogens with one attached hydrogen (secondary N) is 1. The molecule has 2 heterocycles. The summed E-state index contributed by atoms with van der Waals surface area (Å²) < 4.78 is 10.8. The quantitative estimate of drug-likeness (QED) is 0.876. The molecule has 5 heteroatoms. The van der Waals surface area contributed by atoms with Crippen molar-refractivity contribution in [2.24, 2.45) is 5.92 Å². The van der Waals surface area contributed by atoms with Crippen LogP contribution in [0.4, 0.5) is 5.82 Å². The van der Waals surface area contributed by atoms with Crippen molar-refractivity contribution in [3.05, 3.63) is 24.4 Å². The summed E-state index contributed by atoms with van der Waals surface area (Å²) in [5.41, 5.74) is 0. The molecule has 1 atom stereocenters. The number of anilines is 1. The molecule has 1 aromatic carbocycles. The summed E-state index contributed by atoms with van der Waals surface area (Å²) in [5.74, 6) is 2.77. The Labute approximate surface area is 117 Å². The zero-order valence-corrected chi connectivity index (χ0v) is 11.4. The Morgan fingerprint density at radius 3 is 2.95 bits per heavy atom. The second-order valence-electron chi connectivity index (χ2n) is 5.08. The Morgan fingerprint density at radius 1 is 1.35 bits per heavy atom. The first kappa shape index (κ1) is 13.0. The number of aliphatic hydroxyl groups excluding tert-OH is 1. The van der Waals surface area contributed by atoms with Crippen molar-refractivity contribution >= 4 is 16.6 Å². The zero-order chi connectivity index (χ0) is 13.9. The highest BCUT2D eigenvalue weighted by Crippen LogP contribution is 2.37. The number of nitrogens with zero attached hydrogens (tertiary/aromatic N) is 1. The second-order valence-corrected chi connectivity index (χ2v) is 5.08. The zero-order valence-electron chi connectivity index (χ0n) is 11.4. The van der Waals surface area contributed by atoms with Crippen LogP contribution in [0.2, 0.25) is 0 Å². The van der Waals surface area contributed by atoms with Crippen molar-refractivity contribution in [2.75, 3.05) is 25.3 Å². The van der Waals surface area contributed by atoms with Crippen LogP contribution in [0.3, 0.4) is 0 Å². The van der Waals surface area contributed by atoms with Gasteiger partial charge >= 0.3 is 0 Å². The average molecular weight is 274 g/mol. The van der Waals surface area contributed by atoms with Gasteiger partial charge < -0.3 is 19.9 Å². The molecule has 1 unspecified atom stereocenters. The highest BCUT2D eigenvalue weighted by atomic mass is 16.7. The topological polar surface area (TPSA) is 63.6 Å². The lowest BCUT2D eigenvalue weighted by Crippen LogP contribution is -2.13. The van der Waals surface area contributed by atoms with Crippen molar-refractivity contribution in [3.63, 3.8) is 0 Å². The first-order valence-corrected chi connectivity index (χ1v) is 6.81. The normalized spacial score (nSPS) is 14.5. The molecule has 0 bridgehead atoms. The van der Waals surface area contributed by atoms with Crippen molar-refractivity contribution in [1.82, 2.24) is 4.98 Å². The van der Waals surface area contributed by atoms with E-state index in [4.69, 9.17) is 14.6 Å². The number of hydrogen-bond donors (Lipinski definition) is 2. The van der Waals surface area contributed by atoms with E-state index in [1.807, 2.05) is 18.2 Å². The minimum Gasteiger partial charge on any atom is -0.454 e. The maximum Gasteiger partial charge on any atom is 0.231 e. The Bertz CT molecular complexity index is 615. The predicted octanol–water partition coefficient (Wildman–Crippen LogP) is 2.39. The van der Waals surface area contributed by atoms with Crippen molar-refractivity contribution < 1.29 is 14.6 Å². The molecule has 5 nitrogen and oxygen atoms in total. The van der Waals surface area contributed by atoms with Crippen LogP contribution in [0, 0.1) is 5.92 Å². The van der Waals surface area contributed by atoms with Crippen LogP contribution >= 0.6 is 0 Å². The second kappa shape index (κ2) is 5.54. The van der Waals surface area contributed by atoms with Gasteiger partial charge in [-0.25, -0.2) is 4.98 Å². The fraction of sp³-hybridized carbons (Fsp3) is 0.400. The molecular weight excluding hydrogens is 256 g/mol. The predicted molar refractivity (Wildman–Crippen MR) is 77.2 cm³/mol. The number of fused-ring (bicyclic) bond motifs is 2. The lowest BCUT2D eigenvalue weighted by Gasteiger charge is -2.13. The number of aromatic nitrogens is 1. The summed E-state index contributed by atoms with van der Waals surface area (Å²) in [6.07, 6.45) is 2.56. The maximum atomic E-state index is 8.94. The molecule has 0 amide bonds. The SMILES string of the molecule is CC(CCO)CNc1nccc2cc3c(cc12)OCO3. The standard InChI is InChI=1S/C15H18N2O3/c1-10(3-5-18)8-17-15-12-7-14-13(19-9-20-14)6-11(12)2-4-16-15/h2,4,6-7,10,18H,3,5,8-9H2,1H3,(H,16,17). The largest absolute Gasteiger partial charge is 0.454 e. The smallest absolute Gasteiger partial charge is 0.231 e. The van der Waals surface area contributed by atoms with Gasteiger partial charge in [0, 0.05) is 24.7 Å². The summed E-state index contributed by atoms with van der Waals surface area (Å²) >= 11 is 0. The van der Waals surface area contributed by atoms with Gasteiger partial charge in [0.1, 0.15) is 5.82 Å². The molecule has 1 aliphatic heterocycles. The molecule has 1 aromatic heterocycles. The molecular formula is C15H18N2O3. The van der Waals surface area contributed by atoms with Gasteiger partial charge in [-0.3, -0.25) is 0 Å². The molecule has 0 saturated heterocycles. The van der Waals surface area contributed by atoms with Crippen LogP contribution in [0.1, 0.15) is 13.3 Å². The third-order valence-corrected chi connectivity index (χ3v) is 3.50. The average Bonchev–Trinajstić information content (AvgIpc) is 2.90. The molecule has 2 aromatic rings. The number of hydrogen-bond acceptors (Lipinski definition) is 5. The number of aliphatic hydroxyl groups is 1. The number of benzene rings is 1. The van der Waals surface area contributed by atoms with E-state index in [0.717, 1.165) is 41.1 Å². The highest BCUT2D eigenvalue weighted by molar-refractivity contribution is 5.94. The van der Waals surface area contributed by atoms with E-state index >= 15 is 0 Å². The fourth-order valence-corrected chi connectivity index (χ4v) is 2.30. The minimum atomic E-state index is 0.213. The monoisotopic (exact) mass is 274 g/mol. The van der Waals surface area contributed by atoms with Crippen LogP contribution in [-0.4, -0.2) is 30.0 Å². The number of pyridine rings is 1. The molecule has 0 aliphatic carbocycles. The summed E-state index contributed by atoms with van der Waals surface area (Å²) in [5, 5.41) is 14.4. The van der Waals surface area contributed by atoms with E-state index in [1.54, 1.807) is 6.20 Å². The molecule has 0 spiro atoms. The maximum absolute atomic E-state index is 8.94. The van der Waals surface area contributed by atoms with E-state index in [9.17, 15) is 0 Å². The molecule has 3 rings (SSSR count). The summed E-state index contributed by atoms with van der Waals surface area (Å²) in [6.45, 7) is 3.37. The molecule has 1 aliphatic rings. The lowest BCUT2D eigenvalue weighted by molar-refractivity contribution is 0.174. The Balaban J connectivity index is 1.87. The molecule has 0 radical (unpaired) electrons. The molecule has 106 valence electrons. The lowest BCUT2D eigenvalue weighted by atomic mass is 10.1. The number of ether oxygens (including phenoxy) is 2. The fourth-order valence-electron chi connectivity index (χ4n) is 2.30. The van der Waals surface area contributed by atoms with Crippen molar-refractivity contribution in [3.8, 4) is 11.5 Å². The van der Waals surface area contributed by atoms with Gasteiger partial charge in [-0.15, -0.1) is 0 Å². The van der Waals surface area contributed by atoms with Gasteiger partial charge in [0.25, 0.3) is 0 Å². The van der Waals surface area contributed by atoms with Crippen LogP contribution < -0.4 is 14.8 Å². The molecule has 0 fully saturated rings. The molecule has 20 heavy (non-hydrogen) atoms. The third kappa shape index (κ3) is 2.49. The van der Waals surface area contributed by atoms with Crippen LogP contribution in [0.15, 0.2) is 24.4 Å². The van der Waals surface area contributed by atoms with Gasteiger partial charge in [0.05, 0.1) is 0 Å². The van der Waals surface area contributed by atoms with E-state index in [0.29, 0.717) is 5.92 Å². The first-order valence-electron chi connectivity index (χ1n) is 6.81. The van der Waals surface area contributed by atoms with E-state index in [-0.39, 0.29) is 13.4 Å². The van der Waals surface area contributed by atoms with Crippen LogP contribution in [-0.2, 0) is 0 Å². The van der Waals surface area contributed by atoms with E-state index in [2.05, 4.69) is 17.2 Å². The Hall–Kier alpha value is -2.01. The third-order valence-electron chi connectivity index (χ3n) is 3.50. The van der Waals surface area contributed by atoms with Gasteiger partial charge in [-0.2, -0.15) is 0 Å². The summed E-state index contributed by atoms with van der Waals surface area (Å²) in [7, 11) is 0. The van der Waals surface area contributed by atoms with Crippen LogP contribution in [0.25, 0.3) is 10.8 Å². The van der Waals surface area contributed by atoms with Gasteiger partial charge in [0.2, 0.25) is 6.79 Å². The number of rotatable bonds is 5. The highest BCUT2D eigenvalue weighted by Gasteiger charge is 2.16. The van der Waals surface area contributed by atoms with E-state index in [1.165, 1.54) is 0 Å². The summed E-state index contributed by atoms with van der Waals surface area (Å²) in [4.78, 5) is 4.39. The van der Waals surface area contributed by atoms with Crippen LogP contribution in [0.5, 0.6) is 11.5 Å². The summed E-state index contributed by atoms with van der Waals surface area (Å²) in [6, 6.07) is 5.89. The Kier molecular flexibility index (Phi) is 3.60. The van der Waals surface area contributed by atoms with Gasteiger partial charge in [0.15, 0.2) is 11.5 Å².